The van der Waals surface area contributed by atoms with Crippen molar-refractivity contribution in [3.8, 4) is 17.1 Å². The van der Waals surface area contributed by atoms with Crippen molar-refractivity contribution >= 4 is 5.52 Å². The molecule has 0 saturated carbocycles. The zero-order chi connectivity index (χ0) is 22.4. The smallest absolute Gasteiger partial charge is 0.277 e. The van der Waals surface area contributed by atoms with Crippen molar-refractivity contribution < 1.29 is 9.84 Å². The van der Waals surface area contributed by atoms with Gasteiger partial charge in [-0.3, -0.25) is 9.69 Å². The van der Waals surface area contributed by atoms with Crippen LogP contribution in [0.25, 0.3) is 16.9 Å². The molecule has 0 atom stereocenters. The fraction of sp³-hybridized carbons (Fsp3) is 0.522. The SMILES string of the molecule is CCCc1nc(C)c2c(=O)[nH]c(-c3cc(CN(CCC)CCO)ccc3OCC)nn12. The monoisotopic (exact) mass is 427 g/mol. The van der Waals surface area contributed by atoms with Crippen LogP contribution in [0.1, 0.15) is 50.7 Å². The standard InChI is InChI=1S/C23H33N5O3/c1-5-8-20-24-16(4)21-23(30)25-22(26-28(20)21)18-14-17(9-10-19(18)31-7-3)15-27(11-6-2)12-13-29/h9-10,14,29H,5-8,11-13,15H2,1-4H3,(H,25,26,30). The first-order valence-corrected chi connectivity index (χ1v) is 11.1. The molecule has 3 aromatic rings. The summed E-state index contributed by atoms with van der Waals surface area (Å²) >= 11 is 0. The highest BCUT2D eigenvalue weighted by atomic mass is 16.5. The van der Waals surface area contributed by atoms with E-state index in [1.54, 1.807) is 4.52 Å². The number of benzene rings is 1. The maximum Gasteiger partial charge on any atom is 0.277 e. The van der Waals surface area contributed by atoms with Crippen molar-refractivity contribution in [2.45, 2.75) is 53.5 Å². The fourth-order valence-electron chi connectivity index (χ4n) is 3.87. The number of hydrogen-bond donors (Lipinski definition) is 2. The highest BCUT2D eigenvalue weighted by Crippen LogP contribution is 2.29. The number of aliphatic hydroxyl groups is 1. The number of fused-ring (bicyclic) bond motifs is 1. The van der Waals surface area contributed by atoms with Gasteiger partial charge in [-0.2, -0.15) is 0 Å². The molecule has 0 spiro atoms. The van der Waals surface area contributed by atoms with E-state index in [4.69, 9.17) is 9.84 Å². The van der Waals surface area contributed by atoms with Gasteiger partial charge in [-0.05, 0) is 50.9 Å². The molecule has 0 amide bonds. The third kappa shape index (κ3) is 5.14. The van der Waals surface area contributed by atoms with Gasteiger partial charge in [0.25, 0.3) is 5.56 Å². The predicted octanol–water partition coefficient (Wildman–Crippen LogP) is 2.95. The lowest BCUT2D eigenvalue weighted by Gasteiger charge is -2.21. The van der Waals surface area contributed by atoms with Gasteiger partial charge in [0.1, 0.15) is 11.6 Å². The Hall–Kier alpha value is -2.71. The van der Waals surface area contributed by atoms with Crippen LogP contribution in [0, 0.1) is 6.92 Å². The summed E-state index contributed by atoms with van der Waals surface area (Å²) in [5.74, 6) is 1.92. The van der Waals surface area contributed by atoms with Crippen LogP contribution in [-0.4, -0.2) is 55.9 Å². The minimum Gasteiger partial charge on any atom is -0.493 e. The number of hydrogen-bond acceptors (Lipinski definition) is 6. The first kappa shape index (κ1) is 23.0. The molecule has 2 heterocycles. The Kier molecular flexibility index (Phi) is 7.81. The minimum atomic E-state index is -0.210. The van der Waals surface area contributed by atoms with Crippen LogP contribution in [0.3, 0.4) is 0 Å². The number of H-pyrrole nitrogens is 1. The second-order valence-electron chi connectivity index (χ2n) is 7.69. The lowest BCUT2D eigenvalue weighted by atomic mass is 10.1. The Balaban J connectivity index is 2.10. The topological polar surface area (TPSA) is 95.8 Å². The van der Waals surface area contributed by atoms with Gasteiger partial charge >= 0.3 is 0 Å². The Labute approximate surface area is 182 Å². The molecule has 0 unspecified atom stereocenters. The van der Waals surface area contributed by atoms with Gasteiger partial charge in [-0.25, -0.2) is 9.50 Å². The van der Waals surface area contributed by atoms with Crippen LogP contribution in [0.4, 0.5) is 0 Å². The summed E-state index contributed by atoms with van der Waals surface area (Å²) in [7, 11) is 0. The second-order valence-corrected chi connectivity index (χ2v) is 7.69. The van der Waals surface area contributed by atoms with Gasteiger partial charge in [-0.1, -0.05) is 19.9 Å². The average molecular weight is 428 g/mol. The maximum absolute atomic E-state index is 12.9. The zero-order valence-corrected chi connectivity index (χ0v) is 18.9. The predicted molar refractivity (Wildman–Crippen MR) is 122 cm³/mol. The number of rotatable bonds is 11. The first-order chi connectivity index (χ1) is 15.0. The molecule has 0 fully saturated rings. The van der Waals surface area contributed by atoms with E-state index in [0.29, 0.717) is 42.5 Å². The molecule has 2 N–H and O–H groups in total. The fourth-order valence-corrected chi connectivity index (χ4v) is 3.87. The van der Waals surface area contributed by atoms with E-state index in [1.165, 1.54) is 0 Å². The van der Waals surface area contributed by atoms with Crippen LogP contribution in [0.15, 0.2) is 23.0 Å². The molecular formula is C23H33N5O3. The average Bonchev–Trinajstić information content (AvgIpc) is 3.06. The molecule has 0 bridgehead atoms. The van der Waals surface area contributed by atoms with Crippen LogP contribution >= 0.6 is 0 Å². The Morgan fingerprint density at radius 1 is 1.19 bits per heavy atom. The van der Waals surface area contributed by atoms with E-state index in [-0.39, 0.29) is 12.2 Å². The van der Waals surface area contributed by atoms with Crippen molar-refractivity contribution in [1.82, 2.24) is 24.5 Å². The van der Waals surface area contributed by atoms with Gasteiger partial charge in [0, 0.05) is 19.5 Å². The van der Waals surface area contributed by atoms with Crippen molar-refractivity contribution in [2.75, 3.05) is 26.3 Å². The molecule has 0 aliphatic heterocycles. The third-order valence-corrected chi connectivity index (χ3v) is 5.18. The Morgan fingerprint density at radius 2 is 2.00 bits per heavy atom. The molecule has 1 aromatic carbocycles. The molecule has 0 aliphatic rings. The first-order valence-electron chi connectivity index (χ1n) is 11.1. The van der Waals surface area contributed by atoms with Crippen LogP contribution < -0.4 is 10.3 Å². The summed E-state index contributed by atoms with van der Waals surface area (Å²) in [5.41, 5.74) is 2.77. The summed E-state index contributed by atoms with van der Waals surface area (Å²) < 4.78 is 7.51. The van der Waals surface area contributed by atoms with E-state index in [2.05, 4.69) is 28.7 Å². The molecule has 2 aromatic heterocycles. The summed E-state index contributed by atoms with van der Waals surface area (Å²) in [6.07, 6.45) is 2.67. The largest absolute Gasteiger partial charge is 0.493 e. The van der Waals surface area contributed by atoms with Crippen LogP contribution in [-0.2, 0) is 13.0 Å². The van der Waals surface area contributed by atoms with E-state index in [1.807, 2.05) is 32.0 Å². The van der Waals surface area contributed by atoms with E-state index in [9.17, 15) is 9.90 Å². The lowest BCUT2D eigenvalue weighted by molar-refractivity contribution is 0.190. The number of aromatic nitrogens is 4. The van der Waals surface area contributed by atoms with Crippen molar-refractivity contribution in [1.29, 1.82) is 0 Å². The molecule has 0 aliphatic carbocycles. The van der Waals surface area contributed by atoms with E-state index >= 15 is 0 Å². The van der Waals surface area contributed by atoms with Gasteiger partial charge < -0.3 is 14.8 Å². The lowest BCUT2D eigenvalue weighted by Crippen LogP contribution is -2.27. The number of aliphatic hydroxyl groups excluding tert-OH is 1. The highest BCUT2D eigenvalue weighted by Gasteiger charge is 2.17. The maximum atomic E-state index is 12.9. The van der Waals surface area contributed by atoms with Gasteiger partial charge in [0.2, 0.25) is 0 Å². The number of nitrogens with one attached hydrogen (secondary N) is 1. The number of aryl methyl sites for hydroxylation is 2. The number of nitrogens with zero attached hydrogens (tertiary/aromatic N) is 4. The van der Waals surface area contributed by atoms with Crippen LogP contribution in [0.2, 0.25) is 0 Å². The zero-order valence-electron chi connectivity index (χ0n) is 18.9. The van der Waals surface area contributed by atoms with Crippen LogP contribution in [0.5, 0.6) is 5.75 Å². The molecule has 168 valence electrons. The van der Waals surface area contributed by atoms with E-state index in [0.717, 1.165) is 42.8 Å². The van der Waals surface area contributed by atoms with E-state index < -0.39 is 0 Å². The molecule has 3 rings (SSSR count). The summed E-state index contributed by atoms with van der Waals surface area (Å²) in [6, 6.07) is 5.96. The second kappa shape index (κ2) is 10.5. The van der Waals surface area contributed by atoms with Crippen molar-refractivity contribution in [3.05, 3.63) is 45.6 Å². The molecule has 31 heavy (non-hydrogen) atoms. The summed E-state index contributed by atoms with van der Waals surface area (Å²) in [4.78, 5) is 22.6. The quantitative estimate of drug-likeness (QED) is 0.488. The summed E-state index contributed by atoms with van der Waals surface area (Å²) in [5, 5.41) is 14.1. The summed E-state index contributed by atoms with van der Waals surface area (Å²) in [6.45, 7) is 10.8. The molecular weight excluding hydrogens is 394 g/mol. The van der Waals surface area contributed by atoms with Crippen molar-refractivity contribution in [3.63, 3.8) is 0 Å². The normalized spacial score (nSPS) is 11.5. The Bertz CT molecular complexity index is 1070. The minimum absolute atomic E-state index is 0.121. The highest BCUT2D eigenvalue weighted by molar-refractivity contribution is 5.66. The molecule has 8 heteroatoms. The van der Waals surface area contributed by atoms with Gasteiger partial charge in [0.05, 0.1) is 24.5 Å². The third-order valence-electron chi connectivity index (χ3n) is 5.18. The Morgan fingerprint density at radius 3 is 2.68 bits per heavy atom. The number of imidazole rings is 1. The van der Waals surface area contributed by atoms with Gasteiger partial charge in [-0.15, -0.1) is 5.10 Å². The molecule has 0 saturated heterocycles. The molecule has 8 nitrogen and oxygen atoms in total. The number of ether oxygens (including phenoxy) is 1. The number of aromatic amines is 1. The van der Waals surface area contributed by atoms with Crippen molar-refractivity contribution in [2.24, 2.45) is 0 Å². The molecule has 0 radical (unpaired) electrons. The van der Waals surface area contributed by atoms with Gasteiger partial charge in [0.15, 0.2) is 11.3 Å².